The van der Waals surface area contributed by atoms with Crippen molar-refractivity contribution in [2.45, 2.75) is 39.0 Å². The number of amides is 2. The van der Waals surface area contributed by atoms with Gasteiger partial charge in [-0.2, -0.15) is 0 Å². The number of carboxylic acids is 1. The first kappa shape index (κ1) is 13.2. The van der Waals surface area contributed by atoms with Crippen LogP contribution in [-0.2, 0) is 4.79 Å². The molecule has 0 aromatic rings. The minimum absolute atomic E-state index is 0.0388. The van der Waals surface area contributed by atoms with Crippen molar-refractivity contribution in [3.63, 3.8) is 0 Å². The number of hydrogen-bond donors (Lipinski definition) is 2. The molecule has 2 amide bonds. The zero-order chi connectivity index (χ0) is 13.2. The van der Waals surface area contributed by atoms with E-state index in [2.05, 4.69) is 5.32 Å². The Morgan fingerprint density at radius 1 is 1.33 bits per heavy atom. The van der Waals surface area contributed by atoms with Gasteiger partial charge in [0.2, 0.25) is 0 Å². The molecule has 0 aromatic carbocycles. The van der Waals surface area contributed by atoms with Crippen LogP contribution in [-0.4, -0.2) is 41.6 Å². The lowest BCUT2D eigenvalue weighted by atomic mass is 9.80. The zero-order valence-electron chi connectivity index (χ0n) is 10.9. The fourth-order valence-electron chi connectivity index (χ4n) is 2.32. The smallest absolute Gasteiger partial charge is 0.317 e. The van der Waals surface area contributed by atoms with Gasteiger partial charge in [0, 0.05) is 19.6 Å². The molecule has 5 heteroatoms. The van der Waals surface area contributed by atoms with Gasteiger partial charge >= 0.3 is 12.0 Å². The molecular formula is C13H22N2O3. The molecule has 2 fully saturated rings. The summed E-state index contributed by atoms with van der Waals surface area (Å²) in [6.07, 6.45) is 4.76. The quantitative estimate of drug-likeness (QED) is 0.802. The van der Waals surface area contributed by atoms with E-state index >= 15 is 0 Å². The molecule has 2 N–H and O–H groups in total. The normalized spacial score (nSPS) is 22.6. The molecule has 0 bridgehead atoms. The Hall–Kier alpha value is -1.26. The third kappa shape index (κ3) is 3.15. The van der Waals surface area contributed by atoms with Crippen LogP contribution in [0.5, 0.6) is 0 Å². The van der Waals surface area contributed by atoms with Crippen molar-refractivity contribution < 1.29 is 14.7 Å². The van der Waals surface area contributed by atoms with Crippen LogP contribution in [0.15, 0.2) is 0 Å². The molecule has 0 aromatic heterocycles. The molecule has 1 aliphatic carbocycles. The van der Waals surface area contributed by atoms with Crippen LogP contribution in [0.3, 0.4) is 0 Å². The van der Waals surface area contributed by atoms with Gasteiger partial charge in [0.05, 0.1) is 5.41 Å². The summed E-state index contributed by atoms with van der Waals surface area (Å²) in [5.74, 6) is 0.0678. The molecule has 0 unspecified atom stereocenters. The van der Waals surface area contributed by atoms with E-state index in [1.807, 2.05) is 0 Å². The van der Waals surface area contributed by atoms with Gasteiger partial charge in [0.25, 0.3) is 0 Å². The predicted octanol–water partition coefficient (Wildman–Crippen LogP) is 1.68. The van der Waals surface area contributed by atoms with Gasteiger partial charge in [-0.25, -0.2) is 4.79 Å². The van der Waals surface area contributed by atoms with Crippen LogP contribution in [0.25, 0.3) is 0 Å². The summed E-state index contributed by atoms with van der Waals surface area (Å²) in [5.41, 5.74) is -0.662. The zero-order valence-corrected chi connectivity index (χ0v) is 10.9. The molecule has 2 aliphatic rings. The highest BCUT2D eigenvalue weighted by Crippen LogP contribution is 2.32. The van der Waals surface area contributed by atoms with E-state index in [4.69, 9.17) is 5.11 Å². The maximum Gasteiger partial charge on any atom is 0.317 e. The van der Waals surface area contributed by atoms with Gasteiger partial charge in [-0.1, -0.05) is 12.8 Å². The van der Waals surface area contributed by atoms with Crippen LogP contribution in [0.2, 0.25) is 0 Å². The number of nitrogens with one attached hydrogen (secondary N) is 1. The molecule has 1 heterocycles. The Morgan fingerprint density at radius 2 is 1.94 bits per heavy atom. The summed E-state index contributed by atoms with van der Waals surface area (Å²) >= 11 is 0. The number of hydrogen-bond acceptors (Lipinski definition) is 2. The van der Waals surface area contributed by atoms with E-state index in [0.29, 0.717) is 25.9 Å². The number of likely N-dealkylation sites (tertiary alicyclic amines) is 1. The Bertz CT molecular complexity index is 331. The molecule has 5 nitrogen and oxygen atoms in total. The molecule has 1 saturated heterocycles. The topological polar surface area (TPSA) is 69.6 Å². The fourth-order valence-corrected chi connectivity index (χ4v) is 2.32. The summed E-state index contributed by atoms with van der Waals surface area (Å²) in [6.45, 7) is 3.59. The third-order valence-electron chi connectivity index (χ3n) is 4.20. The van der Waals surface area contributed by atoms with E-state index in [9.17, 15) is 9.59 Å². The number of nitrogens with zero attached hydrogens (tertiary/aromatic N) is 1. The highest BCUT2D eigenvalue weighted by molar-refractivity contribution is 5.76. The standard InChI is InChI=1S/C13H22N2O3/c1-13(11(16)17)5-8-15(9-6-13)12(18)14-7-4-10-2-3-10/h10H,2-9H2,1H3,(H,14,18)(H,16,17). The maximum atomic E-state index is 11.8. The maximum absolute atomic E-state index is 11.8. The lowest BCUT2D eigenvalue weighted by molar-refractivity contribution is -0.150. The van der Waals surface area contributed by atoms with Crippen LogP contribution in [0.1, 0.15) is 39.0 Å². The van der Waals surface area contributed by atoms with Crippen molar-refractivity contribution in [2.75, 3.05) is 19.6 Å². The number of carboxylic acid groups (broad SMARTS) is 1. The number of carbonyl (C=O) groups excluding carboxylic acids is 1. The summed E-state index contributed by atoms with van der Waals surface area (Å²) in [7, 11) is 0. The van der Waals surface area contributed by atoms with E-state index in [1.54, 1.807) is 11.8 Å². The minimum Gasteiger partial charge on any atom is -0.481 e. The monoisotopic (exact) mass is 254 g/mol. The van der Waals surface area contributed by atoms with Gasteiger partial charge in [-0.3, -0.25) is 4.79 Å². The van der Waals surface area contributed by atoms with Gasteiger partial charge in [-0.05, 0) is 32.1 Å². The van der Waals surface area contributed by atoms with E-state index in [-0.39, 0.29) is 6.03 Å². The average Bonchev–Trinajstić information content (AvgIpc) is 3.13. The first-order chi connectivity index (χ1) is 8.51. The summed E-state index contributed by atoms with van der Waals surface area (Å²) in [4.78, 5) is 24.7. The van der Waals surface area contributed by atoms with E-state index in [0.717, 1.165) is 18.9 Å². The molecule has 0 radical (unpaired) electrons. The molecule has 1 aliphatic heterocycles. The molecule has 102 valence electrons. The van der Waals surface area contributed by atoms with Crippen molar-refractivity contribution in [1.82, 2.24) is 10.2 Å². The molecule has 2 rings (SSSR count). The van der Waals surface area contributed by atoms with Crippen molar-refractivity contribution in [2.24, 2.45) is 11.3 Å². The second-order valence-corrected chi connectivity index (χ2v) is 5.82. The fraction of sp³-hybridized carbons (Fsp3) is 0.846. The Kier molecular flexibility index (Phi) is 3.78. The van der Waals surface area contributed by atoms with E-state index < -0.39 is 11.4 Å². The predicted molar refractivity (Wildman–Crippen MR) is 67.3 cm³/mol. The summed E-state index contributed by atoms with van der Waals surface area (Å²) < 4.78 is 0. The number of carbonyl (C=O) groups is 2. The van der Waals surface area contributed by atoms with Gasteiger partial charge < -0.3 is 15.3 Å². The summed E-state index contributed by atoms with van der Waals surface area (Å²) in [6, 6.07) is -0.0388. The van der Waals surface area contributed by atoms with Gasteiger partial charge in [0.15, 0.2) is 0 Å². The molecule has 0 spiro atoms. The van der Waals surface area contributed by atoms with Gasteiger partial charge in [0.1, 0.15) is 0 Å². The Morgan fingerprint density at radius 3 is 2.44 bits per heavy atom. The SMILES string of the molecule is CC1(C(=O)O)CCN(C(=O)NCCC2CC2)CC1. The summed E-state index contributed by atoms with van der Waals surface area (Å²) in [5, 5.41) is 12.0. The average molecular weight is 254 g/mol. The van der Waals surface area contributed by atoms with Crippen LogP contribution in [0.4, 0.5) is 4.79 Å². The largest absolute Gasteiger partial charge is 0.481 e. The molecule has 0 atom stereocenters. The molecule has 18 heavy (non-hydrogen) atoms. The van der Waals surface area contributed by atoms with Crippen molar-refractivity contribution in [1.29, 1.82) is 0 Å². The first-order valence-electron chi connectivity index (χ1n) is 6.77. The highest BCUT2D eigenvalue weighted by atomic mass is 16.4. The van der Waals surface area contributed by atoms with Crippen molar-refractivity contribution >= 4 is 12.0 Å². The Balaban J connectivity index is 1.71. The number of rotatable bonds is 4. The van der Waals surface area contributed by atoms with Gasteiger partial charge in [-0.15, -0.1) is 0 Å². The number of piperidine rings is 1. The molecular weight excluding hydrogens is 232 g/mol. The van der Waals surface area contributed by atoms with Crippen LogP contribution < -0.4 is 5.32 Å². The lowest BCUT2D eigenvalue weighted by Crippen LogP contribution is -2.48. The van der Waals surface area contributed by atoms with Crippen LogP contribution in [0, 0.1) is 11.3 Å². The molecule has 1 saturated carbocycles. The van der Waals surface area contributed by atoms with E-state index in [1.165, 1.54) is 12.8 Å². The third-order valence-corrected chi connectivity index (χ3v) is 4.20. The highest BCUT2D eigenvalue weighted by Gasteiger charge is 2.38. The Labute approximate surface area is 108 Å². The second-order valence-electron chi connectivity index (χ2n) is 5.82. The van der Waals surface area contributed by atoms with Crippen LogP contribution >= 0.6 is 0 Å². The number of aliphatic carboxylic acids is 1. The lowest BCUT2D eigenvalue weighted by Gasteiger charge is -2.36. The second kappa shape index (κ2) is 5.16. The minimum atomic E-state index is -0.753. The van der Waals surface area contributed by atoms with Crippen molar-refractivity contribution in [3.05, 3.63) is 0 Å². The van der Waals surface area contributed by atoms with Crippen molar-refractivity contribution in [3.8, 4) is 0 Å². The first-order valence-corrected chi connectivity index (χ1v) is 6.77. The number of urea groups is 1.